The van der Waals surface area contributed by atoms with Crippen LogP contribution in [-0.2, 0) is 28.5 Å². The highest BCUT2D eigenvalue weighted by Crippen LogP contribution is 2.46. The number of carbonyl (C=O) groups is 3. The van der Waals surface area contributed by atoms with Crippen LogP contribution in [0.4, 0.5) is 4.79 Å². The molecule has 4 aliphatic rings. The first-order valence-corrected chi connectivity index (χ1v) is 8.60. The van der Waals surface area contributed by atoms with Gasteiger partial charge in [-0.1, -0.05) is 0 Å². The van der Waals surface area contributed by atoms with Crippen molar-refractivity contribution in [2.24, 2.45) is 11.8 Å². The minimum absolute atomic E-state index is 0.306. The van der Waals surface area contributed by atoms with Gasteiger partial charge in [-0.3, -0.25) is 19.8 Å². The van der Waals surface area contributed by atoms with Gasteiger partial charge in [0.2, 0.25) is 5.91 Å². The molecule has 4 rings (SSSR count). The lowest BCUT2D eigenvalue weighted by atomic mass is 9.67. The molecule has 10 heteroatoms. The van der Waals surface area contributed by atoms with Crippen LogP contribution < -0.4 is 5.32 Å². The number of aliphatic hydroxyl groups excluding tert-OH is 1. The molecule has 144 valence electrons. The molecular formula is C16H22N2O8. The van der Waals surface area contributed by atoms with E-state index >= 15 is 0 Å². The second kappa shape index (κ2) is 5.88. The fourth-order valence-electron chi connectivity index (χ4n) is 4.39. The number of aliphatic hydroxyl groups is 1. The van der Waals surface area contributed by atoms with Gasteiger partial charge in [0.05, 0.1) is 31.6 Å². The summed E-state index contributed by atoms with van der Waals surface area (Å²) in [7, 11) is 1.27. The van der Waals surface area contributed by atoms with E-state index in [1.54, 1.807) is 13.8 Å². The van der Waals surface area contributed by atoms with Crippen molar-refractivity contribution < 1.29 is 38.4 Å². The van der Waals surface area contributed by atoms with Crippen molar-refractivity contribution in [3.63, 3.8) is 0 Å². The van der Waals surface area contributed by atoms with Gasteiger partial charge in [-0.15, -0.1) is 0 Å². The molecule has 26 heavy (non-hydrogen) atoms. The van der Waals surface area contributed by atoms with Gasteiger partial charge in [0.15, 0.2) is 12.0 Å². The highest BCUT2D eigenvalue weighted by molar-refractivity contribution is 6.00. The number of methoxy groups -OCH3 is 1. The number of amides is 3. The lowest BCUT2D eigenvalue weighted by Crippen LogP contribution is -2.72. The zero-order valence-corrected chi connectivity index (χ0v) is 14.7. The molecule has 0 aromatic carbocycles. The molecule has 0 radical (unpaired) electrons. The predicted molar refractivity (Wildman–Crippen MR) is 82.4 cm³/mol. The fourth-order valence-corrected chi connectivity index (χ4v) is 4.39. The Hall–Kier alpha value is -1.75. The van der Waals surface area contributed by atoms with E-state index in [0.717, 1.165) is 0 Å². The van der Waals surface area contributed by atoms with Gasteiger partial charge >= 0.3 is 12.0 Å². The first-order valence-electron chi connectivity index (χ1n) is 8.60. The zero-order chi connectivity index (χ0) is 18.8. The summed E-state index contributed by atoms with van der Waals surface area (Å²) in [5, 5.41) is 11.9. The zero-order valence-electron chi connectivity index (χ0n) is 14.7. The first kappa shape index (κ1) is 17.7. The third kappa shape index (κ3) is 2.43. The number of nitrogens with one attached hydrogen (secondary N) is 1. The third-order valence-corrected chi connectivity index (χ3v) is 5.54. The van der Waals surface area contributed by atoms with Crippen molar-refractivity contribution in [3.8, 4) is 0 Å². The molecule has 0 aromatic heterocycles. The number of carbonyl (C=O) groups excluding carboxylic acids is 3. The number of hydrogen-bond donors (Lipinski definition) is 2. The summed E-state index contributed by atoms with van der Waals surface area (Å²) in [5.74, 6) is -2.90. The van der Waals surface area contributed by atoms with Gasteiger partial charge in [0.1, 0.15) is 18.3 Å². The number of fused-ring (bicyclic) bond motifs is 2. The Bertz CT molecular complexity index is 652. The maximum atomic E-state index is 12.6. The minimum Gasteiger partial charge on any atom is -0.469 e. The van der Waals surface area contributed by atoms with E-state index < -0.39 is 66.1 Å². The highest BCUT2D eigenvalue weighted by atomic mass is 16.8. The standard InChI is InChI=1S/C16H22N2O8/c1-16(2)25-10-8(5-19)24-13(11(10)26-16)18-9-6(12(20)17-15(18)22)4-7(9)14(21)23-3/h6-11,13,19H,4-5H2,1-3H3,(H,17,20,22)/t6-,7-,8+,9-,10+,11+,13+/m0/s1. The van der Waals surface area contributed by atoms with E-state index in [0.29, 0.717) is 6.42 Å². The summed E-state index contributed by atoms with van der Waals surface area (Å²) in [6, 6.07) is -1.32. The van der Waals surface area contributed by atoms with Gasteiger partial charge in [-0.05, 0) is 20.3 Å². The molecule has 1 aliphatic carbocycles. The summed E-state index contributed by atoms with van der Waals surface area (Å²) in [5.41, 5.74) is 0. The van der Waals surface area contributed by atoms with E-state index in [1.165, 1.54) is 12.0 Å². The predicted octanol–water partition coefficient (Wildman–Crippen LogP) is -1.05. The van der Waals surface area contributed by atoms with Gasteiger partial charge < -0.3 is 24.1 Å². The van der Waals surface area contributed by atoms with Gasteiger partial charge in [-0.25, -0.2) is 4.79 Å². The van der Waals surface area contributed by atoms with E-state index in [9.17, 15) is 19.5 Å². The summed E-state index contributed by atoms with van der Waals surface area (Å²) in [4.78, 5) is 38.1. The molecule has 0 spiro atoms. The van der Waals surface area contributed by atoms with Gasteiger partial charge in [-0.2, -0.15) is 0 Å². The number of hydrogen-bond acceptors (Lipinski definition) is 8. The van der Waals surface area contributed by atoms with Crippen LogP contribution in [-0.4, -0.2) is 78.0 Å². The van der Waals surface area contributed by atoms with Crippen LogP contribution in [0.5, 0.6) is 0 Å². The maximum absolute atomic E-state index is 12.6. The van der Waals surface area contributed by atoms with Crippen molar-refractivity contribution in [1.29, 1.82) is 0 Å². The maximum Gasteiger partial charge on any atom is 0.326 e. The quantitative estimate of drug-likeness (QED) is 0.604. The molecule has 7 atom stereocenters. The van der Waals surface area contributed by atoms with Gasteiger partial charge in [0.25, 0.3) is 0 Å². The highest BCUT2D eigenvalue weighted by Gasteiger charge is 2.64. The Labute approximate surface area is 149 Å². The van der Waals surface area contributed by atoms with Crippen LogP contribution in [0.1, 0.15) is 20.3 Å². The second-order valence-electron chi connectivity index (χ2n) is 7.48. The van der Waals surface area contributed by atoms with Crippen molar-refractivity contribution in [2.75, 3.05) is 13.7 Å². The van der Waals surface area contributed by atoms with E-state index in [-0.39, 0.29) is 6.61 Å². The SMILES string of the molecule is COC(=O)[C@H]1C[C@@H]2C(=O)NC(=O)N([C@@H]3O[C@H](CO)[C@H]4OC(C)(C)O[C@H]43)[C@@H]21. The molecule has 10 nitrogen and oxygen atoms in total. The van der Waals surface area contributed by atoms with Crippen LogP contribution in [0.15, 0.2) is 0 Å². The van der Waals surface area contributed by atoms with Crippen LogP contribution in [0.2, 0.25) is 0 Å². The Morgan fingerprint density at radius 1 is 1.35 bits per heavy atom. The minimum atomic E-state index is -0.895. The van der Waals surface area contributed by atoms with Crippen LogP contribution >= 0.6 is 0 Å². The number of imide groups is 1. The summed E-state index contributed by atoms with van der Waals surface area (Å²) in [6.07, 6.45) is -2.44. The average molecular weight is 370 g/mol. The Morgan fingerprint density at radius 3 is 2.69 bits per heavy atom. The van der Waals surface area contributed by atoms with E-state index in [4.69, 9.17) is 18.9 Å². The number of rotatable bonds is 3. The van der Waals surface area contributed by atoms with Crippen molar-refractivity contribution in [3.05, 3.63) is 0 Å². The Morgan fingerprint density at radius 2 is 2.04 bits per heavy atom. The molecule has 0 unspecified atom stereocenters. The van der Waals surface area contributed by atoms with Crippen molar-refractivity contribution in [1.82, 2.24) is 10.2 Å². The van der Waals surface area contributed by atoms with E-state index in [1.807, 2.05) is 0 Å². The fraction of sp³-hybridized carbons (Fsp3) is 0.812. The van der Waals surface area contributed by atoms with E-state index in [2.05, 4.69) is 5.32 Å². The molecule has 0 aromatic rings. The summed E-state index contributed by atoms with van der Waals surface area (Å²) < 4.78 is 22.3. The van der Waals surface area contributed by atoms with Crippen LogP contribution in [0.3, 0.4) is 0 Å². The van der Waals surface area contributed by atoms with Crippen LogP contribution in [0.25, 0.3) is 0 Å². The molecule has 3 heterocycles. The number of urea groups is 1. The summed E-state index contributed by atoms with van der Waals surface area (Å²) in [6.45, 7) is 3.17. The molecule has 3 amide bonds. The number of ether oxygens (including phenoxy) is 4. The third-order valence-electron chi connectivity index (χ3n) is 5.54. The Kier molecular flexibility index (Phi) is 3.99. The van der Waals surface area contributed by atoms with Gasteiger partial charge in [0, 0.05) is 0 Å². The molecule has 3 saturated heterocycles. The molecule has 3 aliphatic heterocycles. The summed E-state index contributed by atoms with van der Waals surface area (Å²) >= 11 is 0. The Balaban J connectivity index is 1.65. The smallest absolute Gasteiger partial charge is 0.326 e. The molecule has 0 bridgehead atoms. The molecule has 4 fully saturated rings. The molecule has 1 saturated carbocycles. The lowest BCUT2D eigenvalue weighted by molar-refractivity contribution is -0.217. The number of nitrogens with zero attached hydrogens (tertiary/aromatic N) is 1. The second-order valence-corrected chi connectivity index (χ2v) is 7.48. The van der Waals surface area contributed by atoms with Crippen molar-refractivity contribution in [2.45, 2.75) is 56.6 Å². The largest absolute Gasteiger partial charge is 0.469 e. The first-order chi connectivity index (χ1) is 12.3. The van der Waals surface area contributed by atoms with Crippen LogP contribution in [0, 0.1) is 11.8 Å². The monoisotopic (exact) mass is 370 g/mol. The molecule has 2 N–H and O–H groups in total. The molecular weight excluding hydrogens is 348 g/mol. The number of esters is 1. The topological polar surface area (TPSA) is 124 Å². The normalized spacial score (nSPS) is 43.4. The lowest BCUT2D eigenvalue weighted by Gasteiger charge is -2.52. The average Bonchev–Trinajstić information content (AvgIpc) is 3.02. The van der Waals surface area contributed by atoms with Crippen molar-refractivity contribution >= 4 is 17.9 Å².